The van der Waals surface area contributed by atoms with Gasteiger partial charge in [-0.15, -0.1) is 0 Å². The van der Waals surface area contributed by atoms with E-state index in [0.29, 0.717) is 66.3 Å². The number of aliphatic imine (C=N–C) groups is 10. The fraction of sp³-hybridized carbons (Fsp3) is 0.449. The lowest BCUT2D eigenvalue weighted by atomic mass is 9.76. The van der Waals surface area contributed by atoms with E-state index in [1.165, 1.54) is 55.5 Å². The maximum Gasteiger partial charge on any atom is 0.351 e. The molecular weight excluding hydrogens is 1510 g/mol. The quantitative estimate of drug-likeness (QED) is 0.00590. The van der Waals surface area contributed by atoms with Gasteiger partial charge in [0.2, 0.25) is 64.5 Å². The van der Waals surface area contributed by atoms with Crippen LogP contribution in [0.5, 0.6) is 11.5 Å². The van der Waals surface area contributed by atoms with E-state index in [2.05, 4.69) is 94.8 Å². The number of aliphatic hydroxyl groups is 12. The molecule has 8 rings (SSSR count). The number of allylic oxidation sites excluding steroid dienone is 4. The van der Waals surface area contributed by atoms with Crippen LogP contribution in [0.15, 0.2) is 174 Å². The zero-order chi connectivity index (χ0) is 83.1. The van der Waals surface area contributed by atoms with Crippen molar-refractivity contribution >= 4 is 101 Å². The lowest BCUT2D eigenvalue weighted by Gasteiger charge is -2.28. The number of hydrogen-bond acceptors (Lipinski definition) is 22. The van der Waals surface area contributed by atoms with Crippen LogP contribution in [-0.4, -0.2) is 288 Å². The first-order valence-electron chi connectivity index (χ1n) is 37.5. The Bertz CT molecular complexity index is 4660. The number of thiol groups is 1. The number of likely N-dealkylation sites (tertiary alicyclic amines) is 1. The monoisotopic (exact) mass is 1610 g/mol. The Labute approximate surface area is 667 Å². The molecule has 0 spiro atoms. The number of oxazole rings is 1. The van der Waals surface area contributed by atoms with E-state index in [1.807, 2.05) is 54.9 Å². The van der Waals surface area contributed by atoms with Gasteiger partial charge in [-0.25, -0.2) is 59.3 Å². The number of aromatic hydroxyl groups is 2. The Morgan fingerprint density at radius 3 is 1.85 bits per heavy atom. The van der Waals surface area contributed by atoms with Crippen molar-refractivity contribution in [2.45, 2.75) is 132 Å². The molecule has 0 radical (unpaired) electrons. The van der Waals surface area contributed by atoms with Crippen LogP contribution in [0.2, 0.25) is 0 Å². The van der Waals surface area contributed by atoms with Gasteiger partial charge in [-0.05, 0) is 148 Å². The maximum absolute atomic E-state index is 11.9. The number of benzene rings is 3. The smallest absolute Gasteiger partial charge is 0.351 e. The Morgan fingerprint density at radius 2 is 1.23 bits per heavy atom. The molecule has 11 atom stereocenters. The molecule has 1 saturated heterocycles. The molecule has 4 heterocycles. The number of rotatable bonds is 43. The number of aliphatic hydroxyl groups excluding tert-OH is 12. The largest absolute Gasteiger partial charge is 0.508 e. The van der Waals surface area contributed by atoms with Crippen molar-refractivity contribution in [1.29, 1.82) is 10.8 Å². The van der Waals surface area contributed by atoms with E-state index >= 15 is 0 Å². The van der Waals surface area contributed by atoms with Crippen molar-refractivity contribution in [3.05, 3.63) is 158 Å². The summed E-state index contributed by atoms with van der Waals surface area (Å²) in [6.45, 7) is 3.14. The Hall–Kier alpha value is -12.0. The van der Waals surface area contributed by atoms with Crippen molar-refractivity contribution in [1.82, 2.24) is 20.1 Å². The summed E-state index contributed by atoms with van der Waals surface area (Å²) in [5.74, 6) is -9.60. The van der Waals surface area contributed by atoms with Gasteiger partial charge in [0.1, 0.15) is 66.9 Å². The van der Waals surface area contributed by atoms with Crippen LogP contribution in [-0.2, 0) is 17.6 Å². The van der Waals surface area contributed by atoms with Gasteiger partial charge in [-0.3, -0.25) is 15.6 Å². The van der Waals surface area contributed by atoms with Crippen LogP contribution in [0.3, 0.4) is 0 Å². The molecule has 0 bridgehead atoms. The molecule has 618 valence electrons. The van der Waals surface area contributed by atoms with Crippen molar-refractivity contribution in [2.75, 3.05) is 71.3 Å². The van der Waals surface area contributed by atoms with Gasteiger partial charge in [0.25, 0.3) is 6.61 Å². The van der Waals surface area contributed by atoms with Gasteiger partial charge in [0.15, 0.2) is 23.3 Å². The summed E-state index contributed by atoms with van der Waals surface area (Å²) in [5, 5.41) is 182. The van der Waals surface area contributed by atoms with Gasteiger partial charge < -0.3 is 108 Å². The van der Waals surface area contributed by atoms with E-state index in [0.717, 1.165) is 54.4 Å². The number of carbonyl (C=O) groups is 1. The molecule has 1 aromatic heterocycles. The third-order valence-corrected chi connectivity index (χ3v) is 19.5. The number of nitrogens with one attached hydrogen (secondary N) is 3. The van der Waals surface area contributed by atoms with Crippen molar-refractivity contribution < 1.29 is 85.8 Å². The molecule has 115 heavy (non-hydrogen) atoms. The highest BCUT2D eigenvalue weighted by molar-refractivity contribution is 7.80. The molecule has 4 aromatic rings. The molecule has 0 amide bonds. The predicted octanol–water partition coefficient (Wildman–Crippen LogP) is 6.15. The first-order chi connectivity index (χ1) is 55.1. The average molecular weight is 1610 g/mol. The van der Waals surface area contributed by atoms with E-state index in [-0.39, 0.29) is 80.1 Å². The molecule has 22 N–H and O–H groups in total. The van der Waals surface area contributed by atoms with Gasteiger partial charge in [0.05, 0.1) is 18.4 Å². The Morgan fingerprint density at radius 1 is 0.652 bits per heavy atom. The van der Waals surface area contributed by atoms with Crippen LogP contribution in [0.25, 0.3) is 11.6 Å². The van der Waals surface area contributed by atoms with Crippen molar-refractivity contribution in [3.8, 4) is 11.5 Å². The summed E-state index contributed by atoms with van der Waals surface area (Å²) in [6, 6.07) is 5.31. The number of guanidine groups is 1. The third kappa shape index (κ3) is 28.3. The number of carboxylic acids is 1. The number of unbranched alkanes of at least 4 members (excludes halogenated alkanes) is 1. The average Bonchev–Trinajstić information content (AvgIpc) is 1.69. The number of hydrogen-bond donors (Lipinski definition) is 21. The fourth-order valence-corrected chi connectivity index (χ4v) is 13.2. The molecule has 1 fully saturated rings. The normalized spacial score (nSPS) is 19.9. The maximum atomic E-state index is 11.9. The minimum Gasteiger partial charge on any atom is -0.508 e. The zero-order valence-electron chi connectivity index (χ0n) is 63.5. The summed E-state index contributed by atoms with van der Waals surface area (Å²) in [6.07, 6.45) is 19.4. The standard InChI is InChI=1S/C78H102N18O18S/c1-45(70(106)93-59(35-46-12-18-53(98)19-13-46)74(110)91-56(69(80)105)10-2-3-28-79)87-73(109)58(22-25-68(103)104)92-75(111)60(36-47-14-20-54(99)21-15-47)94-76(112)61(43-97)89-67(102)40-84-71(107)57(11-5-29-83-78(81)82)88-66(101)39-85-72(108)62(44-115)90-65(100)24-17-48-7-4-8-52-41-96(42-55(48)52)33-32-95-30-26-49(27-31-95)64-38-86-77(114-64)51-16-23-63-50(37-51)9-6-34-113-63/h4,6-7,9,12-16,18-21,23,26-27,30-31,37-38,45,48,52,55-62,97H,2-3,5,8,10-11,17,22,24-25,28-29,32-36,39-44,79H2,1H3,(H19-,80,81,82,83,84,85,87,88,89,90,91,92,93,94,98,99,100,101,102,103,104,105,106,107,108,109,110,111,112,115)/p+1/t45-,48?,52?,55?,56-,57-,58-,59-,60-,61-,62-/m0/s1. The Kier molecular flexibility index (Phi) is 34.3. The number of aromatic nitrogens is 1. The van der Waals surface area contributed by atoms with Crippen LogP contribution >= 0.6 is 12.6 Å². The number of phenolic OH excluding ortho intramolecular Hbond substituents is 2. The second-order valence-corrected chi connectivity index (χ2v) is 28.1. The van der Waals surface area contributed by atoms with Gasteiger partial charge in [-0.2, -0.15) is 12.6 Å². The number of aliphatic carboxylic acids is 1. The highest BCUT2D eigenvalue weighted by atomic mass is 32.1. The van der Waals surface area contributed by atoms with Crippen LogP contribution < -0.4 is 27.6 Å². The fourth-order valence-electron chi connectivity index (χ4n) is 12.9. The first-order valence-corrected chi connectivity index (χ1v) is 38.2. The van der Waals surface area contributed by atoms with Crippen LogP contribution in [0, 0.1) is 39.3 Å². The van der Waals surface area contributed by atoms with Crippen molar-refractivity contribution in [3.63, 3.8) is 0 Å². The predicted molar refractivity (Wildman–Crippen MR) is 444 cm³/mol. The molecular formula is C78H103N18O18S+. The third-order valence-electron chi connectivity index (χ3n) is 19.1. The van der Waals surface area contributed by atoms with Gasteiger partial charge in [0, 0.05) is 99.5 Å². The molecule has 0 saturated carbocycles. The number of fused-ring (bicyclic) bond motifs is 2. The molecule has 3 aromatic carbocycles. The second kappa shape index (κ2) is 44.5. The summed E-state index contributed by atoms with van der Waals surface area (Å²) < 4.78 is 11.9. The van der Waals surface area contributed by atoms with E-state index in [1.54, 1.807) is 6.20 Å². The minimum atomic E-state index is -1.81. The van der Waals surface area contributed by atoms with Crippen LogP contribution in [0.1, 0.15) is 87.8 Å². The van der Waals surface area contributed by atoms with E-state index < -0.39 is 146 Å². The summed E-state index contributed by atoms with van der Waals surface area (Å²) >= 11 is 4.34. The molecule has 3 aliphatic heterocycles. The number of nitrogens with zero attached hydrogens (tertiary/aromatic N) is 13. The lowest BCUT2D eigenvalue weighted by molar-refractivity contribution is -0.137. The highest BCUT2D eigenvalue weighted by Crippen LogP contribution is 2.39. The number of phenols is 2. The highest BCUT2D eigenvalue weighted by Gasteiger charge is 2.38. The van der Waals surface area contributed by atoms with E-state index in [9.17, 15) is 81.4 Å². The van der Waals surface area contributed by atoms with Crippen molar-refractivity contribution in [2.24, 2.45) is 79.1 Å². The first kappa shape index (κ1) is 88.6. The van der Waals surface area contributed by atoms with Gasteiger partial charge in [-0.1, -0.05) is 36.4 Å². The lowest BCUT2D eigenvalue weighted by Crippen LogP contribution is -2.32. The number of nitrogens with two attached hydrogens (primary N) is 2. The second-order valence-electron chi connectivity index (χ2n) is 27.8. The SMILES string of the molecule is C[C@H](N=C(O)[C@H](CCC(=O)O)N=C(O)[C@H](Cc1ccc(O)cc1)N=C(O)[C@H](CO)N=C(O)CN=C(O)[C@H](CCCNC(=N)N)N=C(O)CN=C(O)[C@H](CS)N=C(O)CCC1C=CCC2CN(CCN3C=CC(=c4cnc(=c5ccc6c(c5)C=CC[O+]=6)o4)C=C3)CC12)C(O)=N[C@@H](Cc1ccc(O)cc1)C(O)=N[C@@H](CCCCN)C(=N)O. The number of carboxylic acid groups (broad SMARTS) is 1. The summed E-state index contributed by atoms with van der Waals surface area (Å²) in [7, 11) is 0. The minimum absolute atomic E-state index is 0.0618. The van der Waals surface area contributed by atoms with Crippen LogP contribution in [0.4, 0.5) is 0 Å². The summed E-state index contributed by atoms with van der Waals surface area (Å²) in [5.41, 5.74) is 15.8. The molecule has 1 aliphatic carbocycles. The summed E-state index contributed by atoms with van der Waals surface area (Å²) in [4.78, 5) is 62.1. The molecule has 4 aliphatic rings. The van der Waals surface area contributed by atoms with E-state index in [4.69, 9.17) is 31.1 Å². The zero-order valence-corrected chi connectivity index (χ0v) is 64.4. The Balaban J connectivity index is 0.902. The molecule has 37 heteroatoms. The topological polar surface area (TPSA) is 600 Å². The van der Waals surface area contributed by atoms with Gasteiger partial charge >= 0.3 is 11.4 Å². The molecule has 3 unspecified atom stereocenters. The molecule has 36 nitrogen and oxygen atoms in total.